The van der Waals surface area contributed by atoms with Crippen LogP contribution in [0, 0.1) is 6.92 Å². The molecule has 0 saturated heterocycles. The number of fused-ring (bicyclic) bond motifs is 1. The number of thioether (sulfide) groups is 1. The minimum atomic E-state index is -3.65. The van der Waals surface area contributed by atoms with Gasteiger partial charge >= 0.3 is 0 Å². The van der Waals surface area contributed by atoms with Gasteiger partial charge in [0.15, 0.2) is 5.16 Å². The van der Waals surface area contributed by atoms with E-state index in [1.807, 2.05) is 19.1 Å². The first kappa shape index (κ1) is 20.4. The molecule has 0 atom stereocenters. The second-order valence-corrected chi connectivity index (χ2v) is 9.29. The maximum absolute atomic E-state index is 12.6. The molecule has 2 aromatic heterocycles. The Labute approximate surface area is 179 Å². The molecule has 1 N–H and O–H groups in total. The lowest BCUT2D eigenvalue weighted by Gasteiger charge is -2.08. The van der Waals surface area contributed by atoms with Gasteiger partial charge in [-0.15, -0.1) is 0 Å². The molecule has 4 aromatic rings. The number of rotatable bonds is 7. The zero-order valence-electron chi connectivity index (χ0n) is 16.6. The Kier molecular flexibility index (Phi) is 5.74. The van der Waals surface area contributed by atoms with Crippen LogP contribution in [0.25, 0.3) is 11.0 Å². The maximum atomic E-state index is 12.6. The second kappa shape index (κ2) is 8.45. The standard InChI is InChI=1S/C21H21N5O2S2/c1-3-26-19-10-9-16(25-30(27,28)17-7-5-4-6-8-17)13-18(19)24-20(26)14-29-21-22-12-11-15(2)23-21/h4-13,25H,3,14H2,1-2H3. The minimum Gasteiger partial charge on any atom is -0.328 e. The van der Waals surface area contributed by atoms with Gasteiger partial charge in [-0.05, 0) is 50.2 Å². The van der Waals surface area contributed by atoms with E-state index in [0.717, 1.165) is 29.1 Å². The highest BCUT2D eigenvalue weighted by Crippen LogP contribution is 2.26. The first-order chi connectivity index (χ1) is 14.5. The molecule has 0 radical (unpaired) electrons. The highest BCUT2D eigenvalue weighted by atomic mass is 32.2. The first-order valence-corrected chi connectivity index (χ1v) is 11.9. The van der Waals surface area contributed by atoms with Crippen molar-refractivity contribution >= 4 is 38.5 Å². The molecule has 0 spiro atoms. The lowest BCUT2D eigenvalue weighted by Crippen LogP contribution is -2.12. The lowest BCUT2D eigenvalue weighted by atomic mass is 10.3. The highest BCUT2D eigenvalue weighted by Gasteiger charge is 2.16. The van der Waals surface area contributed by atoms with Crippen molar-refractivity contribution in [1.29, 1.82) is 0 Å². The molecule has 4 rings (SSSR count). The summed E-state index contributed by atoms with van der Waals surface area (Å²) in [6, 6.07) is 15.6. The number of hydrogen-bond acceptors (Lipinski definition) is 6. The van der Waals surface area contributed by atoms with Crippen molar-refractivity contribution < 1.29 is 8.42 Å². The Morgan fingerprint density at radius 2 is 1.87 bits per heavy atom. The van der Waals surface area contributed by atoms with E-state index in [9.17, 15) is 8.42 Å². The van der Waals surface area contributed by atoms with Gasteiger partial charge in [0.1, 0.15) is 5.82 Å². The number of sulfonamides is 1. The van der Waals surface area contributed by atoms with Gasteiger partial charge < -0.3 is 4.57 Å². The van der Waals surface area contributed by atoms with E-state index in [1.54, 1.807) is 48.7 Å². The number of aromatic nitrogens is 4. The van der Waals surface area contributed by atoms with Gasteiger partial charge in [-0.2, -0.15) is 0 Å². The Balaban J connectivity index is 1.60. The molecule has 0 bridgehead atoms. The zero-order valence-corrected chi connectivity index (χ0v) is 18.2. The van der Waals surface area contributed by atoms with Gasteiger partial charge in [-0.1, -0.05) is 30.0 Å². The maximum Gasteiger partial charge on any atom is 0.261 e. The third-order valence-electron chi connectivity index (χ3n) is 4.55. The first-order valence-electron chi connectivity index (χ1n) is 9.46. The molecule has 9 heteroatoms. The third-order valence-corrected chi connectivity index (χ3v) is 6.81. The van der Waals surface area contributed by atoms with Gasteiger partial charge in [-0.25, -0.2) is 23.4 Å². The van der Waals surface area contributed by atoms with Gasteiger partial charge in [0.05, 0.1) is 27.4 Å². The molecule has 0 aliphatic heterocycles. The van der Waals surface area contributed by atoms with Crippen molar-refractivity contribution in [3.05, 3.63) is 72.3 Å². The van der Waals surface area contributed by atoms with Crippen LogP contribution in [0.1, 0.15) is 18.4 Å². The fourth-order valence-corrected chi connectivity index (χ4v) is 5.04. The van der Waals surface area contributed by atoms with Gasteiger partial charge in [0.25, 0.3) is 10.0 Å². The molecule has 0 amide bonds. The lowest BCUT2D eigenvalue weighted by molar-refractivity contribution is 0.601. The molecule has 0 aliphatic carbocycles. The van der Waals surface area contributed by atoms with Crippen molar-refractivity contribution in [1.82, 2.24) is 19.5 Å². The van der Waals surface area contributed by atoms with E-state index in [2.05, 4.69) is 26.2 Å². The zero-order chi connectivity index (χ0) is 21.1. The van der Waals surface area contributed by atoms with Crippen molar-refractivity contribution in [2.75, 3.05) is 4.72 Å². The summed E-state index contributed by atoms with van der Waals surface area (Å²) in [5, 5.41) is 0.709. The number of nitrogens with zero attached hydrogens (tertiary/aromatic N) is 4. The Morgan fingerprint density at radius 1 is 1.07 bits per heavy atom. The van der Waals surface area contributed by atoms with Crippen molar-refractivity contribution in [3.63, 3.8) is 0 Å². The number of nitrogens with one attached hydrogen (secondary N) is 1. The van der Waals surface area contributed by atoms with E-state index in [-0.39, 0.29) is 4.90 Å². The predicted molar refractivity (Wildman–Crippen MR) is 119 cm³/mol. The van der Waals surface area contributed by atoms with Gasteiger partial charge in [0, 0.05) is 18.4 Å². The quantitative estimate of drug-likeness (QED) is 0.342. The number of hydrogen-bond donors (Lipinski definition) is 1. The number of anilines is 1. The van der Waals surface area contributed by atoms with E-state index in [4.69, 9.17) is 4.98 Å². The summed E-state index contributed by atoms with van der Waals surface area (Å²) < 4.78 is 30.0. The molecule has 2 heterocycles. The summed E-state index contributed by atoms with van der Waals surface area (Å²) in [4.78, 5) is 13.7. The second-order valence-electron chi connectivity index (χ2n) is 6.66. The molecular weight excluding hydrogens is 418 g/mol. The Bertz CT molecular complexity index is 1290. The Hall–Kier alpha value is -2.91. The molecule has 2 aromatic carbocycles. The van der Waals surface area contributed by atoms with Crippen LogP contribution in [-0.2, 0) is 22.3 Å². The summed E-state index contributed by atoms with van der Waals surface area (Å²) in [6.07, 6.45) is 1.75. The van der Waals surface area contributed by atoms with Crippen LogP contribution in [0.15, 0.2) is 70.8 Å². The van der Waals surface area contributed by atoms with Crippen LogP contribution in [0.3, 0.4) is 0 Å². The number of aryl methyl sites for hydroxylation is 2. The average Bonchev–Trinajstić information content (AvgIpc) is 3.09. The molecule has 154 valence electrons. The van der Waals surface area contributed by atoms with Crippen LogP contribution in [0.2, 0.25) is 0 Å². The Morgan fingerprint density at radius 3 is 2.60 bits per heavy atom. The van der Waals surface area contributed by atoms with E-state index in [1.165, 1.54) is 11.8 Å². The van der Waals surface area contributed by atoms with E-state index >= 15 is 0 Å². The summed E-state index contributed by atoms with van der Waals surface area (Å²) in [5.74, 6) is 1.52. The largest absolute Gasteiger partial charge is 0.328 e. The van der Waals surface area contributed by atoms with Gasteiger partial charge in [0.2, 0.25) is 0 Å². The topological polar surface area (TPSA) is 89.8 Å². The highest BCUT2D eigenvalue weighted by molar-refractivity contribution is 7.98. The normalized spacial score (nSPS) is 11.7. The molecule has 0 saturated carbocycles. The fourth-order valence-electron chi connectivity index (χ4n) is 3.14. The summed E-state index contributed by atoms with van der Waals surface area (Å²) in [6.45, 7) is 4.76. The summed E-state index contributed by atoms with van der Waals surface area (Å²) >= 11 is 1.53. The molecule has 0 unspecified atom stereocenters. The van der Waals surface area contributed by atoms with E-state index < -0.39 is 10.0 Å². The summed E-state index contributed by atoms with van der Waals surface area (Å²) in [7, 11) is -3.65. The average molecular weight is 440 g/mol. The fraction of sp³-hybridized carbons (Fsp3) is 0.190. The molecule has 7 nitrogen and oxygen atoms in total. The van der Waals surface area contributed by atoms with Crippen LogP contribution in [0.5, 0.6) is 0 Å². The smallest absolute Gasteiger partial charge is 0.261 e. The SMILES string of the molecule is CCn1c(CSc2nccc(C)n2)nc2cc(NS(=O)(=O)c3ccccc3)ccc21. The third kappa shape index (κ3) is 4.31. The van der Waals surface area contributed by atoms with Crippen LogP contribution >= 0.6 is 11.8 Å². The minimum absolute atomic E-state index is 0.222. The van der Waals surface area contributed by atoms with Gasteiger partial charge in [-0.3, -0.25) is 4.72 Å². The van der Waals surface area contributed by atoms with Crippen molar-refractivity contribution in [3.8, 4) is 0 Å². The molecule has 30 heavy (non-hydrogen) atoms. The molecule has 0 aliphatic rings. The van der Waals surface area contributed by atoms with Crippen LogP contribution in [0.4, 0.5) is 5.69 Å². The van der Waals surface area contributed by atoms with E-state index in [0.29, 0.717) is 16.6 Å². The molecular formula is C21H21N5O2S2. The number of imidazole rings is 1. The monoisotopic (exact) mass is 439 g/mol. The van der Waals surface area contributed by atoms with Crippen molar-refractivity contribution in [2.24, 2.45) is 0 Å². The van der Waals surface area contributed by atoms with Crippen molar-refractivity contribution in [2.45, 2.75) is 36.2 Å². The predicted octanol–water partition coefficient (Wildman–Crippen LogP) is 4.25. The molecule has 0 fully saturated rings. The number of benzene rings is 2. The van der Waals surface area contributed by atoms with Crippen LogP contribution in [-0.4, -0.2) is 27.9 Å². The van der Waals surface area contributed by atoms with Crippen LogP contribution < -0.4 is 4.72 Å². The summed E-state index contributed by atoms with van der Waals surface area (Å²) in [5.41, 5.74) is 3.10.